The van der Waals surface area contributed by atoms with E-state index in [0.29, 0.717) is 22.6 Å². The predicted octanol–water partition coefficient (Wildman–Crippen LogP) is 2.42. The van der Waals surface area contributed by atoms with Gasteiger partial charge in [-0.05, 0) is 35.9 Å². The first-order chi connectivity index (χ1) is 11.6. The van der Waals surface area contributed by atoms with Gasteiger partial charge in [0, 0.05) is 18.7 Å². The second kappa shape index (κ2) is 8.01. The summed E-state index contributed by atoms with van der Waals surface area (Å²) in [4.78, 5) is 23.8. The Kier molecular flexibility index (Phi) is 5.78. The van der Waals surface area contributed by atoms with Crippen LogP contribution in [0.15, 0.2) is 42.5 Å². The van der Waals surface area contributed by atoms with Gasteiger partial charge in [-0.25, -0.2) is 4.79 Å². The molecular weight excluding hydrogens is 310 g/mol. The number of ether oxygens (including phenoxy) is 3. The van der Waals surface area contributed by atoms with E-state index in [-0.39, 0.29) is 12.5 Å². The van der Waals surface area contributed by atoms with Crippen LogP contribution in [0.3, 0.4) is 0 Å². The molecule has 24 heavy (non-hydrogen) atoms. The van der Waals surface area contributed by atoms with Crippen LogP contribution in [0.2, 0.25) is 0 Å². The van der Waals surface area contributed by atoms with Gasteiger partial charge in [0.05, 0.1) is 19.8 Å². The van der Waals surface area contributed by atoms with Gasteiger partial charge < -0.3 is 19.5 Å². The standard InChI is InChI=1S/C18H19NO5/c1-19-17(20)13-5-4-6-14(9-13)18(21)24-11-12-7-15(22-2)10-16(8-12)23-3/h4-10H,11H2,1-3H3,(H,19,20). The summed E-state index contributed by atoms with van der Waals surface area (Å²) in [7, 11) is 4.63. The summed E-state index contributed by atoms with van der Waals surface area (Å²) in [5.41, 5.74) is 1.45. The van der Waals surface area contributed by atoms with Crippen LogP contribution in [-0.2, 0) is 11.3 Å². The largest absolute Gasteiger partial charge is 0.497 e. The average molecular weight is 329 g/mol. The smallest absolute Gasteiger partial charge is 0.338 e. The molecule has 0 radical (unpaired) electrons. The molecule has 0 unspecified atom stereocenters. The minimum absolute atomic E-state index is 0.0661. The number of rotatable bonds is 6. The number of hydrogen-bond donors (Lipinski definition) is 1. The van der Waals surface area contributed by atoms with Crippen molar-refractivity contribution in [2.24, 2.45) is 0 Å². The molecule has 1 N–H and O–H groups in total. The molecule has 0 aliphatic heterocycles. The molecule has 126 valence electrons. The van der Waals surface area contributed by atoms with E-state index in [1.807, 2.05) is 0 Å². The van der Waals surface area contributed by atoms with E-state index in [4.69, 9.17) is 14.2 Å². The first-order valence-corrected chi connectivity index (χ1v) is 7.28. The Bertz CT molecular complexity index is 720. The zero-order valence-corrected chi connectivity index (χ0v) is 13.8. The summed E-state index contributed by atoms with van der Waals surface area (Å²) in [6.07, 6.45) is 0. The van der Waals surface area contributed by atoms with E-state index in [0.717, 1.165) is 5.56 Å². The number of esters is 1. The molecule has 6 nitrogen and oxygen atoms in total. The number of hydrogen-bond acceptors (Lipinski definition) is 5. The van der Waals surface area contributed by atoms with E-state index in [9.17, 15) is 9.59 Å². The maximum absolute atomic E-state index is 12.2. The molecule has 0 saturated heterocycles. The summed E-state index contributed by atoms with van der Waals surface area (Å²) >= 11 is 0. The highest BCUT2D eigenvalue weighted by Crippen LogP contribution is 2.23. The highest BCUT2D eigenvalue weighted by Gasteiger charge is 2.11. The Hall–Kier alpha value is -3.02. The highest BCUT2D eigenvalue weighted by atomic mass is 16.5. The summed E-state index contributed by atoms with van der Waals surface area (Å²) in [6, 6.07) is 11.6. The van der Waals surface area contributed by atoms with Crippen molar-refractivity contribution in [1.29, 1.82) is 0 Å². The first-order valence-electron chi connectivity index (χ1n) is 7.28. The van der Waals surface area contributed by atoms with Gasteiger partial charge in [0.1, 0.15) is 18.1 Å². The Balaban J connectivity index is 2.09. The van der Waals surface area contributed by atoms with Crippen molar-refractivity contribution < 1.29 is 23.8 Å². The minimum atomic E-state index is -0.512. The van der Waals surface area contributed by atoms with Crippen molar-refractivity contribution in [2.75, 3.05) is 21.3 Å². The number of methoxy groups -OCH3 is 2. The molecule has 0 aliphatic carbocycles. The molecular formula is C18H19NO5. The lowest BCUT2D eigenvalue weighted by Crippen LogP contribution is -2.18. The summed E-state index contributed by atoms with van der Waals surface area (Å²) in [6.45, 7) is 0.0661. The lowest BCUT2D eigenvalue weighted by atomic mass is 10.1. The van der Waals surface area contributed by atoms with Crippen LogP contribution < -0.4 is 14.8 Å². The second-order valence-corrected chi connectivity index (χ2v) is 4.96. The van der Waals surface area contributed by atoms with Crippen LogP contribution in [0.4, 0.5) is 0 Å². The van der Waals surface area contributed by atoms with Crippen molar-refractivity contribution in [3.63, 3.8) is 0 Å². The Morgan fingerprint density at radius 2 is 1.58 bits per heavy atom. The maximum Gasteiger partial charge on any atom is 0.338 e. The molecule has 0 spiro atoms. The van der Waals surface area contributed by atoms with Crippen molar-refractivity contribution >= 4 is 11.9 Å². The minimum Gasteiger partial charge on any atom is -0.497 e. The maximum atomic E-state index is 12.2. The molecule has 0 fully saturated rings. The van der Waals surface area contributed by atoms with E-state index in [1.54, 1.807) is 50.6 Å². The number of amides is 1. The normalized spacial score (nSPS) is 9.96. The zero-order valence-electron chi connectivity index (χ0n) is 13.8. The van der Waals surface area contributed by atoms with Crippen molar-refractivity contribution in [1.82, 2.24) is 5.32 Å². The molecule has 0 saturated carbocycles. The van der Waals surface area contributed by atoms with Crippen molar-refractivity contribution in [3.05, 3.63) is 59.2 Å². The van der Waals surface area contributed by atoms with Gasteiger partial charge >= 0.3 is 5.97 Å². The Morgan fingerprint density at radius 3 is 2.17 bits per heavy atom. The molecule has 2 aromatic carbocycles. The molecule has 1 amide bonds. The SMILES string of the molecule is CNC(=O)c1cccc(C(=O)OCc2cc(OC)cc(OC)c2)c1. The summed E-state index contributed by atoms with van der Waals surface area (Å²) in [5.74, 6) is 0.453. The van der Waals surface area contributed by atoms with Gasteiger partial charge in [-0.1, -0.05) is 6.07 Å². The molecule has 0 bridgehead atoms. The third-order valence-electron chi connectivity index (χ3n) is 3.37. The van der Waals surface area contributed by atoms with Gasteiger partial charge in [-0.15, -0.1) is 0 Å². The molecule has 2 aromatic rings. The molecule has 0 aliphatic rings. The van der Waals surface area contributed by atoms with Crippen LogP contribution in [0.25, 0.3) is 0 Å². The fourth-order valence-electron chi connectivity index (χ4n) is 2.11. The van der Waals surface area contributed by atoms with Crippen LogP contribution in [-0.4, -0.2) is 33.1 Å². The predicted molar refractivity (Wildman–Crippen MR) is 88.5 cm³/mol. The zero-order chi connectivity index (χ0) is 17.5. The fraction of sp³-hybridized carbons (Fsp3) is 0.222. The molecule has 2 rings (SSSR count). The van der Waals surface area contributed by atoms with Gasteiger partial charge in [0.15, 0.2) is 0 Å². The molecule has 0 heterocycles. The Labute approximate surface area is 140 Å². The van der Waals surface area contributed by atoms with Crippen LogP contribution >= 0.6 is 0 Å². The molecule has 0 aromatic heterocycles. The van der Waals surface area contributed by atoms with Crippen LogP contribution in [0.1, 0.15) is 26.3 Å². The number of carbonyl (C=O) groups is 2. The quantitative estimate of drug-likeness (QED) is 0.824. The van der Waals surface area contributed by atoms with Crippen molar-refractivity contribution in [3.8, 4) is 11.5 Å². The number of benzene rings is 2. The van der Waals surface area contributed by atoms with E-state index >= 15 is 0 Å². The monoisotopic (exact) mass is 329 g/mol. The molecule has 6 heteroatoms. The number of nitrogens with one attached hydrogen (secondary N) is 1. The van der Waals surface area contributed by atoms with E-state index in [2.05, 4.69) is 5.32 Å². The van der Waals surface area contributed by atoms with Gasteiger partial charge in [-0.3, -0.25) is 4.79 Å². The van der Waals surface area contributed by atoms with Gasteiger partial charge in [0.25, 0.3) is 5.91 Å². The average Bonchev–Trinajstić information content (AvgIpc) is 2.65. The van der Waals surface area contributed by atoms with E-state index < -0.39 is 5.97 Å². The first kappa shape index (κ1) is 17.3. The topological polar surface area (TPSA) is 73.9 Å². The number of carbonyl (C=O) groups excluding carboxylic acids is 2. The highest BCUT2D eigenvalue weighted by molar-refractivity contribution is 5.97. The van der Waals surface area contributed by atoms with Crippen LogP contribution in [0.5, 0.6) is 11.5 Å². The third-order valence-corrected chi connectivity index (χ3v) is 3.37. The summed E-state index contributed by atoms with van der Waals surface area (Å²) in [5, 5.41) is 2.51. The van der Waals surface area contributed by atoms with E-state index in [1.165, 1.54) is 13.1 Å². The van der Waals surface area contributed by atoms with Gasteiger partial charge in [-0.2, -0.15) is 0 Å². The summed E-state index contributed by atoms with van der Waals surface area (Å²) < 4.78 is 15.7. The lowest BCUT2D eigenvalue weighted by Gasteiger charge is -2.09. The fourth-order valence-corrected chi connectivity index (χ4v) is 2.11. The van der Waals surface area contributed by atoms with Gasteiger partial charge in [0.2, 0.25) is 0 Å². The van der Waals surface area contributed by atoms with Crippen LogP contribution in [0, 0.1) is 0 Å². The molecule has 0 atom stereocenters. The third kappa shape index (κ3) is 4.25. The Morgan fingerprint density at radius 1 is 0.958 bits per heavy atom. The second-order valence-electron chi connectivity index (χ2n) is 4.96. The lowest BCUT2D eigenvalue weighted by molar-refractivity contribution is 0.0472. The van der Waals surface area contributed by atoms with Crippen molar-refractivity contribution in [2.45, 2.75) is 6.61 Å².